The quantitative estimate of drug-likeness (QED) is 0.728. The fourth-order valence-electron chi connectivity index (χ4n) is 2.75. The first-order valence-electron chi connectivity index (χ1n) is 8.89. The van der Waals surface area contributed by atoms with E-state index in [1.165, 1.54) is 11.9 Å². The van der Waals surface area contributed by atoms with Gasteiger partial charge in [0.15, 0.2) is 6.61 Å². The van der Waals surface area contributed by atoms with Gasteiger partial charge in [0.25, 0.3) is 5.91 Å². The maximum Gasteiger partial charge on any atom is 0.261 e. The zero-order valence-electron chi connectivity index (χ0n) is 16.4. The van der Waals surface area contributed by atoms with Crippen molar-refractivity contribution in [3.63, 3.8) is 0 Å². The Labute approximate surface area is 175 Å². The van der Waals surface area contributed by atoms with Gasteiger partial charge < -0.3 is 15.0 Å². The van der Waals surface area contributed by atoms with Crippen molar-refractivity contribution in [2.75, 3.05) is 13.7 Å². The van der Waals surface area contributed by atoms with Crippen molar-refractivity contribution in [2.45, 2.75) is 33.4 Å². The normalized spacial score (nSPS) is 11.6. The summed E-state index contributed by atoms with van der Waals surface area (Å²) in [4.78, 5) is 26.5. The van der Waals surface area contributed by atoms with Gasteiger partial charge in [-0.05, 0) is 50.1 Å². The molecule has 150 valence electrons. The number of nitrogens with zero attached hydrogens (tertiary/aromatic N) is 1. The first-order valence-corrected chi connectivity index (χ1v) is 9.64. The Morgan fingerprint density at radius 2 is 1.71 bits per heavy atom. The number of ether oxygens (including phenoxy) is 1. The van der Waals surface area contributed by atoms with E-state index in [0.717, 1.165) is 11.1 Å². The topological polar surface area (TPSA) is 58.6 Å². The molecule has 0 heterocycles. The van der Waals surface area contributed by atoms with Gasteiger partial charge >= 0.3 is 0 Å². The SMILES string of the molecule is CNC(=O)[C@@H](C)N(Cc1c(Cl)cccc1Cl)C(=O)COc1cccc(C)c1C. The number of likely N-dealkylation sites (N-methyl/N-ethyl adjacent to an activating group) is 1. The molecule has 1 N–H and O–H groups in total. The number of rotatable bonds is 7. The third-order valence-electron chi connectivity index (χ3n) is 4.71. The lowest BCUT2D eigenvalue weighted by atomic mass is 10.1. The van der Waals surface area contributed by atoms with Gasteiger partial charge in [-0.25, -0.2) is 0 Å². The summed E-state index contributed by atoms with van der Waals surface area (Å²) in [7, 11) is 1.52. The molecule has 0 saturated carbocycles. The van der Waals surface area contributed by atoms with E-state index in [1.807, 2.05) is 32.0 Å². The third-order valence-corrected chi connectivity index (χ3v) is 5.42. The summed E-state index contributed by atoms with van der Waals surface area (Å²) in [5, 5.41) is 3.44. The first kappa shape index (κ1) is 22.1. The van der Waals surface area contributed by atoms with Crippen LogP contribution in [0.2, 0.25) is 10.0 Å². The predicted octanol–water partition coefficient (Wildman–Crippen LogP) is 4.15. The molecule has 0 aliphatic rings. The van der Waals surface area contributed by atoms with E-state index in [4.69, 9.17) is 27.9 Å². The van der Waals surface area contributed by atoms with Crippen LogP contribution >= 0.6 is 23.2 Å². The van der Waals surface area contributed by atoms with Gasteiger partial charge in [0, 0.05) is 29.2 Å². The summed E-state index contributed by atoms with van der Waals surface area (Å²) in [6.07, 6.45) is 0. The number of amides is 2. The standard InChI is InChI=1S/C21H24Cl2N2O3/c1-13-7-5-10-19(14(13)2)28-12-20(26)25(15(3)21(27)24-4)11-16-17(22)8-6-9-18(16)23/h5-10,15H,11-12H2,1-4H3,(H,24,27)/t15-/m1/s1. The van der Waals surface area contributed by atoms with E-state index in [9.17, 15) is 9.59 Å². The van der Waals surface area contributed by atoms with Gasteiger partial charge in [0.1, 0.15) is 11.8 Å². The summed E-state index contributed by atoms with van der Waals surface area (Å²) in [6.45, 7) is 5.46. The Bertz CT molecular complexity index is 850. The van der Waals surface area contributed by atoms with E-state index in [2.05, 4.69) is 5.32 Å². The fourth-order valence-corrected chi connectivity index (χ4v) is 3.27. The molecule has 2 rings (SSSR count). The monoisotopic (exact) mass is 422 g/mol. The molecule has 0 unspecified atom stereocenters. The molecule has 0 aliphatic carbocycles. The lowest BCUT2D eigenvalue weighted by molar-refractivity contribution is -0.142. The van der Waals surface area contributed by atoms with Gasteiger partial charge in [-0.3, -0.25) is 9.59 Å². The Kier molecular flexibility index (Phi) is 7.72. The minimum atomic E-state index is -0.716. The molecule has 2 aromatic rings. The van der Waals surface area contributed by atoms with Crippen molar-refractivity contribution in [1.29, 1.82) is 0 Å². The minimum absolute atomic E-state index is 0.0993. The molecule has 0 saturated heterocycles. The molecule has 0 fully saturated rings. The number of hydrogen-bond donors (Lipinski definition) is 1. The van der Waals surface area contributed by atoms with E-state index >= 15 is 0 Å². The number of carbonyl (C=O) groups excluding carboxylic acids is 2. The van der Waals surface area contributed by atoms with Crippen molar-refractivity contribution >= 4 is 35.0 Å². The molecular weight excluding hydrogens is 399 g/mol. The summed E-state index contributed by atoms with van der Waals surface area (Å²) < 4.78 is 5.73. The second-order valence-corrected chi connectivity index (χ2v) is 7.31. The predicted molar refractivity (Wildman–Crippen MR) is 112 cm³/mol. The molecule has 1 atom stereocenters. The lowest BCUT2D eigenvalue weighted by Gasteiger charge is -2.29. The third kappa shape index (κ3) is 5.18. The van der Waals surface area contributed by atoms with E-state index in [0.29, 0.717) is 21.4 Å². The minimum Gasteiger partial charge on any atom is -0.483 e. The van der Waals surface area contributed by atoms with Crippen molar-refractivity contribution in [1.82, 2.24) is 10.2 Å². The number of nitrogens with one attached hydrogen (secondary N) is 1. The molecule has 0 spiro atoms. The van der Waals surface area contributed by atoms with E-state index in [-0.39, 0.29) is 25.0 Å². The number of hydrogen-bond acceptors (Lipinski definition) is 3. The summed E-state index contributed by atoms with van der Waals surface area (Å²) in [5.74, 6) is 0.00734. The van der Waals surface area contributed by atoms with Crippen LogP contribution in [-0.4, -0.2) is 36.4 Å². The number of aryl methyl sites for hydroxylation is 1. The number of halogens is 2. The van der Waals surface area contributed by atoms with Crippen LogP contribution < -0.4 is 10.1 Å². The Morgan fingerprint density at radius 3 is 2.32 bits per heavy atom. The highest BCUT2D eigenvalue weighted by Gasteiger charge is 2.27. The fraction of sp³-hybridized carbons (Fsp3) is 0.333. The molecular formula is C21H24Cl2N2O3. The van der Waals surface area contributed by atoms with Gasteiger partial charge in [-0.15, -0.1) is 0 Å². The number of carbonyl (C=O) groups is 2. The Hall–Kier alpha value is -2.24. The van der Waals surface area contributed by atoms with Crippen LogP contribution in [0, 0.1) is 13.8 Å². The molecule has 0 bridgehead atoms. The second-order valence-electron chi connectivity index (χ2n) is 6.50. The maximum absolute atomic E-state index is 12.9. The molecule has 28 heavy (non-hydrogen) atoms. The van der Waals surface area contributed by atoms with Crippen LogP contribution in [0.1, 0.15) is 23.6 Å². The molecule has 5 nitrogen and oxygen atoms in total. The zero-order valence-corrected chi connectivity index (χ0v) is 17.9. The highest BCUT2D eigenvalue weighted by Crippen LogP contribution is 2.27. The van der Waals surface area contributed by atoms with Gasteiger partial charge in [-0.2, -0.15) is 0 Å². The lowest BCUT2D eigenvalue weighted by Crippen LogP contribution is -2.48. The van der Waals surface area contributed by atoms with Crippen molar-refractivity contribution < 1.29 is 14.3 Å². The molecule has 0 aromatic heterocycles. The zero-order chi connectivity index (χ0) is 20.8. The smallest absolute Gasteiger partial charge is 0.261 e. The molecule has 0 radical (unpaired) electrons. The average molecular weight is 423 g/mol. The van der Waals surface area contributed by atoms with Crippen LogP contribution in [0.25, 0.3) is 0 Å². The van der Waals surface area contributed by atoms with Crippen LogP contribution in [0.4, 0.5) is 0 Å². The van der Waals surface area contributed by atoms with Crippen molar-refractivity contribution in [3.05, 3.63) is 63.1 Å². The molecule has 0 aliphatic heterocycles. The largest absolute Gasteiger partial charge is 0.483 e. The maximum atomic E-state index is 12.9. The molecule has 2 aromatic carbocycles. The van der Waals surface area contributed by atoms with Crippen LogP contribution in [0.5, 0.6) is 5.75 Å². The van der Waals surface area contributed by atoms with Crippen LogP contribution in [0.3, 0.4) is 0 Å². The van der Waals surface area contributed by atoms with Gasteiger partial charge in [-0.1, -0.05) is 41.4 Å². The van der Waals surface area contributed by atoms with E-state index < -0.39 is 6.04 Å². The average Bonchev–Trinajstić information content (AvgIpc) is 2.67. The van der Waals surface area contributed by atoms with Crippen LogP contribution in [-0.2, 0) is 16.1 Å². The summed E-state index contributed by atoms with van der Waals surface area (Å²) in [6, 6.07) is 10.1. The summed E-state index contributed by atoms with van der Waals surface area (Å²) >= 11 is 12.5. The Balaban J connectivity index is 2.24. The van der Waals surface area contributed by atoms with Gasteiger partial charge in [0.2, 0.25) is 5.91 Å². The Morgan fingerprint density at radius 1 is 1.11 bits per heavy atom. The van der Waals surface area contributed by atoms with Gasteiger partial charge in [0.05, 0.1) is 0 Å². The number of benzene rings is 2. The highest BCUT2D eigenvalue weighted by molar-refractivity contribution is 6.36. The van der Waals surface area contributed by atoms with Crippen LogP contribution in [0.15, 0.2) is 36.4 Å². The highest BCUT2D eigenvalue weighted by atomic mass is 35.5. The van der Waals surface area contributed by atoms with Crippen molar-refractivity contribution in [3.8, 4) is 5.75 Å². The molecule has 2 amide bonds. The molecule has 7 heteroatoms. The first-order chi connectivity index (χ1) is 13.3. The summed E-state index contributed by atoms with van der Waals surface area (Å²) in [5.41, 5.74) is 2.63. The second kappa shape index (κ2) is 9.80. The van der Waals surface area contributed by atoms with Crippen molar-refractivity contribution in [2.24, 2.45) is 0 Å². The van der Waals surface area contributed by atoms with E-state index in [1.54, 1.807) is 25.1 Å².